The molecule has 1 heterocycles. The summed E-state index contributed by atoms with van der Waals surface area (Å²) >= 11 is 0. The van der Waals surface area contributed by atoms with Crippen LogP contribution in [-0.4, -0.2) is 33.4 Å². The average molecular weight is 557 g/mol. The van der Waals surface area contributed by atoms with Crippen LogP contribution in [0.3, 0.4) is 0 Å². The second-order valence-electron chi connectivity index (χ2n) is 16.5. The standard InChI is InChI=1S/C35H60O3Si/c1-24(2)15-20-35(36-21-22-37-35)25(3)29-13-14-30-28-12-11-26-23-27(38-39(9,10)32(4,5)6)16-18-33(26,7)31(28)17-19-34(29,30)8/h11,13,24-25,27-28,30-31H,12,14-23H2,1-10H3/t25-,27-,28-,30-,31-,33-,34+/m0/s1. The summed E-state index contributed by atoms with van der Waals surface area (Å²) in [5, 5.41) is 0.278. The lowest BCUT2D eigenvalue weighted by molar-refractivity contribution is -0.193. The van der Waals surface area contributed by atoms with E-state index in [1.54, 1.807) is 11.1 Å². The fraction of sp³-hybridized carbons (Fsp3) is 0.886. The van der Waals surface area contributed by atoms with Crippen molar-refractivity contribution in [3.8, 4) is 0 Å². The summed E-state index contributed by atoms with van der Waals surface area (Å²) < 4.78 is 19.9. The first-order valence-electron chi connectivity index (χ1n) is 16.5. The number of rotatable bonds is 7. The fourth-order valence-corrected chi connectivity index (χ4v) is 10.8. The van der Waals surface area contributed by atoms with Crippen LogP contribution in [0.15, 0.2) is 23.3 Å². The largest absolute Gasteiger partial charge is 0.414 e. The third kappa shape index (κ3) is 5.10. The number of fused-ring (bicyclic) bond motifs is 5. The molecule has 0 N–H and O–H groups in total. The predicted molar refractivity (Wildman–Crippen MR) is 165 cm³/mol. The number of ether oxygens (including phenoxy) is 2. The molecule has 5 aliphatic rings. The topological polar surface area (TPSA) is 27.7 Å². The molecule has 7 atom stereocenters. The van der Waals surface area contributed by atoms with E-state index < -0.39 is 14.1 Å². The van der Waals surface area contributed by atoms with Gasteiger partial charge in [-0.05, 0) is 104 Å². The quantitative estimate of drug-likeness (QED) is 0.231. The van der Waals surface area contributed by atoms with Crippen molar-refractivity contribution in [3.05, 3.63) is 23.3 Å². The highest BCUT2D eigenvalue weighted by atomic mass is 28.4. The zero-order valence-electron chi connectivity index (χ0n) is 27.1. The lowest BCUT2D eigenvalue weighted by Gasteiger charge is -2.59. The van der Waals surface area contributed by atoms with E-state index in [0.717, 1.165) is 43.8 Å². The Morgan fingerprint density at radius 1 is 0.949 bits per heavy atom. The Balaban J connectivity index is 1.32. The second-order valence-corrected chi connectivity index (χ2v) is 21.3. The molecule has 4 heteroatoms. The zero-order valence-corrected chi connectivity index (χ0v) is 28.1. The molecular weight excluding hydrogens is 496 g/mol. The first-order chi connectivity index (χ1) is 18.1. The van der Waals surface area contributed by atoms with Crippen molar-refractivity contribution in [2.45, 2.75) is 143 Å². The minimum Gasteiger partial charge on any atom is -0.414 e. The Bertz CT molecular complexity index is 967. The highest BCUT2D eigenvalue weighted by Crippen LogP contribution is 2.66. The summed E-state index contributed by atoms with van der Waals surface area (Å²) in [5.41, 5.74) is 4.04. The van der Waals surface area contributed by atoms with Gasteiger partial charge in [0, 0.05) is 18.4 Å². The van der Waals surface area contributed by atoms with Crippen molar-refractivity contribution in [1.29, 1.82) is 0 Å². The number of hydrogen-bond donors (Lipinski definition) is 0. The van der Waals surface area contributed by atoms with Crippen molar-refractivity contribution in [1.82, 2.24) is 0 Å². The molecule has 3 nitrogen and oxygen atoms in total. The molecule has 0 aromatic heterocycles. The van der Waals surface area contributed by atoms with Gasteiger partial charge in [-0.1, -0.05) is 78.7 Å². The van der Waals surface area contributed by atoms with E-state index in [4.69, 9.17) is 13.9 Å². The maximum absolute atomic E-state index is 6.96. The summed E-state index contributed by atoms with van der Waals surface area (Å²) in [6.45, 7) is 25.8. The van der Waals surface area contributed by atoms with Gasteiger partial charge in [0.05, 0.1) is 13.2 Å². The predicted octanol–water partition coefficient (Wildman–Crippen LogP) is 9.69. The van der Waals surface area contributed by atoms with E-state index in [1.807, 2.05) is 0 Å². The molecule has 0 radical (unpaired) electrons. The monoisotopic (exact) mass is 556 g/mol. The van der Waals surface area contributed by atoms with Crippen LogP contribution in [0, 0.1) is 40.4 Å². The molecule has 0 bridgehead atoms. The average Bonchev–Trinajstić information content (AvgIpc) is 3.47. The Morgan fingerprint density at radius 2 is 1.62 bits per heavy atom. The lowest BCUT2D eigenvalue weighted by Crippen LogP contribution is -2.52. The molecule has 0 aromatic rings. The Hall–Kier alpha value is -0.423. The van der Waals surface area contributed by atoms with Crippen molar-refractivity contribution >= 4 is 8.32 Å². The molecule has 3 fully saturated rings. The highest BCUT2D eigenvalue weighted by Gasteiger charge is 2.59. The normalized spacial score (nSPS) is 39.1. The first kappa shape index (κ1) is 30.0. The molecule has 222 valence electrons. The van der Waals surface area contributed by atoms with E-state index in [9.17, 15) is 0 Å². The van der Waals surface area contributed by atoms with Gasteiger partial charge in [0.15, 0.2) is 14.1 Å². The van der Waals surface area contributed by atoms with Crippen LogP contribution >= 0.6 is 0 Å². The third-order valence-corrected chi connectivity index (χ3v) is 17.5. The van der Waals surface area contributed by atoms with Crippen LogP contribution in [0.5, 0.6) is 0 Å². The maximum Gasteiger partial charge on any atom is 0.192 e. The molecule has 5 rings (SSSR count). The molecule has 0 spiro atoms. The summed E-state index contributed by atoms with van der Waals surface area (Å²) in [5.74, 6) is 2.96. The summed E-state index contributed by atoms with van der Waals surface area (Å²) in [7, 11) is -1.74. The smallest absolute Gasteiger partial charge is 0.192 e. The van der Waals surface area contributed by atoms with E-state index in [0.29, 0.717) is 23.4 Å². The molecule has 0 aromatic carbocycles. The van der Waals surface area contributed by atoms with Crippen LogP contribution in [-0.2, 0) is 13.9 Å². The Kier molecular flexibility index (Phi) is 8.00. The summed E-state index contributed by atoms with van der Waals surface area (Å²) in [4.78, 5) is 0. The van der Waals surface area contributed by atoms with Crippen LogP contribution < -0.4 is 0 Å². The van der Waals surface area contributed by atoms with Crippen molar-refractivity contribution in [2.75, 3.05) is 13.2 Å². The molecule has 2 saturated carbocycles. The van der Waals surface area contributed by atoms with Gasteiger partial charge in [-0.15, -0.1) is 0 Å². The molecule has 0 unspecified atom stereocenters. The summed E-state index contributed by atoms with van der Waals surface area (Å²) in [6.07, 6.45) is 16.8. The summed E-state index contributed by atoms with van der Waals surface area (Å²) in [6, 6.07) is 0. The molecule has 0 amide bonds. The fourth-order valence-electron chi connectivity index (χ4n) is 9.40. The van der Waals surface area contributed by atoms with Gasteiger partial charge in [-0.25, -0.2) is 0 Å². The van der Waals surface area contributed by atoms with Gasteiger partial charge in [-0.2, -0.15) is 0 Å². The van der Waals surface area contributed by atoms with Crippen LogP contribution in [0.25, 0.3) is 0 Å². The first-order valence-corrected chi connectivity index (χ1v) is 19.4. The molecule has 4 aliphatic carbocycles. The van der Waals surface area contributed by atoms with Crippen molar-refractivity contribution < 1.29 is 13.9 Å². The van der Waals surface area contributed by atoms with Gasteiger partial charge in [0.25, 0.3) is 0 Å². The highest BCUT2D eigenvalue weighted by molar-refractivity contribution is 6.74. The van der Waals surface area contributed by atoms with Gasteiger partial charge < -0.3 is 13.9 Å². The van der Waals surface area contributed by atoms with E-state index in [2.05, 4.69) is 80.6 Å². The third-order valence-electron chi connectivity index (χ3n) is 12.9. The minimum absolute atomic E-state index is 0.278. The molecule has 1 aliphatic heterocycles. The van der Waals surface area contributed by atoms with Crippen LogP contribution in [0.1, 0.15) is 113 Å². The van der Waals surface area contributed by atoms with Crippen LogP contribution in [0.4, 0.5) is 0 Å². The number of allylic oxidation sites excluding steroid dienone is 2. The van der Waals surface area contributed by atoms with Crippen molar-refractivity contribution in [3.63, 3.8) is 0 Å². The van der Waals surface area contributed by atoms with E-state index >= 15 is 0 Å². The van der Waals surface area contributed by atoms with Gasteiger partial charge in [0.1, 0.15) is 0 Å². The SMILES string of the molecule is CC(C)CCC1([C@@H](C)C2=CC[C@H]3[C@@H]4CC=C5C[C@@H](O[Si](C)(C)C(C)(C)C)CC[C@]5(C)[C@H]4CC[C@]23C)OCCO1. The number of hydrogen-bond acceptors (Lipinski definition) is 3. The molecular formula is C35H60O3Si. The second kappa shape index (κ2) is 10.4. The van der Waals surface area contributed by atoms with E-state index in [1.165, 1.54) is 44.9 Å². The zero-order chi connectivity index (χ0) is 28.4. The minimum atomic E-state index is -1.74. The van der Waals surface area contributed by atoms with Gasteiger partial charge >= 0.3 is 0 Å². The lowest BCUT2D eigenvalue weighted by atomic mass is 9.47. The van der Waals surface area contributed by atoms with Crippen molar-refractivity contribution in [2.24, 2.45) is 40.4 Å². The Morgan fingerprint density at radius 3 is 2.26 bits per heavy atom. The van der Waals surface area contributed by atoms with Gasteiger partial charge in [-0.3, -0.25) is 0 Å². The van der Waals surface area contributed by atoms with Crippen LogP contribution in [0.2, 0.25) is 18.1 Å². The maximum atomic E-state index is 6.96. The van der Waals surface area contributed by atoms with E-state index in [-0.39, 0.29) is 10.5 Å². The Labute approximate surface area is 242 Å². The molecule has 1 saturated heterocycles. The molecule has 39 heavy (non-hydrogen) atoms. The van der Waals surface area contributed by atoms with Gasteiger partial charge in [0.2, 0.25) is 0 Å².